The maximum Gasteiger partial charge on any atom is 0.0965 e. The van der Waals surface area contributed by atoms with E-state index in [1.54, 1.807) is 0 Å². The molecular formula is C15H18N2. The van der Waals surface area contributed by atoms with Crippen LogP contribution in [0.3, 0.4) is 0 Å². The van der Waals surface area contributed by atoms with Gasteiger partial charge in [-0.15, -0.1) is 0 Å². The van der Waals surface area contributed by atoms with Crippen LogP contribution < -0.4 is 5.32 Å². The molecule has 0 spiro atoms. The number of nitrogens with zero attached hydrogens (tertiary/aromatic N) is 1. The van der Waals surface area contributed by atoms with E-state index < -0.39 is 0 Å². The summed E-state index contributed by atoms with van der Waals surface area (Å²) in [6.07, 6.45) is 4.28. The fourth-order valence-corrected chi connectivity index (χ4v) is 2.27. The van der Waals surface area contributed by atoms with Crippen LogP contribution in [0.2, 0.25) is 0 Å². The van der Waals surface area contributed by atoms with Crippen LogP contribution in [-0.2, 0) is 0 Å². The van der Waals surface area contributed by atoms with Gasteiger partial charge in [0.1, 0.15) is 0 Å². The molecule has 1 aromatic carbocycles. The first-order chi connectivity index (χ1) is 8.31. The van der Waals surface area contributed by atoms with Crippen LogP contribution in [-0.4, -0.2) is 0 Å². The zero-order chi connectivity index (χ0) is 12.1. The monoisotopic (exact) mass is 226 g/mol. The highest BCUT2D eigenvalue weighted by molar-refractivity contribution is 5.30. The Bertz CT molecular complexity index is 440. The van der Waals surface area contributed by atoms with E-state index in [2.05, 4.69) is 30.4 Å². The summed E-state index contributed by atoms with van der Waals surface area (Å²) in [6.45, 7) is 2.14. The third kappa shape index (κ3) is 2.88. The first-order valence-corrected chi connectivity index (χ1v) is 6.25. The van der Waals surface area contributed by atoms with Gasteiger partial charge in [-0.1, -0.05) is 30.3 Å². The van der Waals surface area contributed by atoms with Crippen LogP contribution in [0.4, 0.5) is 0 Å². The fourth-order valence-electron chi connectivity index (χ4n) is 2.27. The van der Waals surface area contributed by atoms with Crippen molar-refractivity contribution in [3.63, 3.8) is 0 Å². The highest BCUT2D eigenvalue weighted by Crippen LogP contribution is 2.25. The Balaban J connectivity index is 2.11. The first-order valence-electron chi connectivity index (χ1n) is 6.25. The molecular weight excluding hydrogens is 208 g/mol. The largest absolute Gasteiger partial charge is 0.381 e. The zero-order valence-electron chi connectivity index (χ0n) is 10.2. The van der Waals surface area contributed by atoms with Crippen LogP contribution in [0.1, 0.15) is 44.2 Å². The average molecular weight is 226 g/mol. The zero-order valence-corrected chi connectivity index (χ0v) is 10.2. The quantitative estimate of drug-likeness (QED) is 0.853. The third-order valence-electron chi connectivity index (χ3n) is 3.29. The lowest BCUT2D eigenvalue weighted by molar-refractivity contribution is 0.573. The number of hydrogen-bond donors (Lipinski definition) is 1. The Morgan fingerprint density at radius 3 is 2.59 bits per heavy atom. The maximum absolute atomic E-state index is 9.10. The van der Waals surface area contributed by atoms with Gasteiger partial charge in [-0.05, 0) is 38.2 Å². The lowest BCUT2D eigenvalue weighted by Gasteiger charge is -2.22. The molecule has 2 nitrogen and oxygen atoms in total. The number of rotatable bonds is 3. The maximum atomic E-state index is 9.10. The smallest absolute Gasteiger partial charge is 0.0965 e. The number of nitriles is 1. The molecule has 1 aromatic rings. The van der Waals surface area contributed by atoms with Crippen molar-refractivity contribution in [1.82, 2.24) is 5.32 Å². The van der Waals surface area contributed by atoms with E-state index in [1.165, 1.54) is 12.0 Å². The Hall–Kier alpha value is -1.75. The minimum Gasteiger partial charge on any atom is -0.381 e. The van der Waals surface area contributed by atoms with E-state index in [4.69, 9.17) is 5.26 Å². The normalized spacial score (nSPS) is 17.4. The molecule has 1 aliphatic carbocycles. The van der Waals surface area contributed by atoms with Crippen LogP contribution in [0.25, 0.3) is 0 Å². The van der Waals surface area contributed by atoms with Crippen molar-refractivity contribution >= 4 is 0 Å². The van der Waals surface area contributed by atoms with Crippen molar-refractivity contribution in [2.24, 2.45) is 0 Å². The molecule has 1 aliphatic rings. The molecule has 0 heterocycles. The topological polar surface area (TPSA) is 35.8 Å². The molecule has 0 aliphatic heterocycles. The summed E-state index contributed by atoms with van der Waals surface area (Å²) >= 11 is 0. The lowest BCUT2D eigenvalue weighted by atomic mass is 9.96. The summed E-state index contributed by atoms with van der Waals surface area (Å²) in [4.78, 5) is 0. The SMILES string of the molecule is C[C@H](NC1=C(C#N)CCCC1)c1ccccc1. The summed E-state index contributed by atoms with van der Waals surface area (Å²) in [5, 5.41) is 12.6. The van der Waals surface area contributed by atoms with E-state index in [-0.39, 0.29) is 6.04 Å². The van der Waals surface area contributed by atoms with E-state index in [0.29, 0.717) is 0 Å². The predicted octanol–water partition coefficient (Wildman–Crippen LogP) is 3.69. The number of nitrogens with one attached hydrogen (secondary N) is 1. The molecule has 1 N–H and O–H groups in total. The van der Waals surface area contributed by atoms with E-state index in [9.17, 15) is 0 Å². The predicted molar refractivity (Wildman–Crippen MR) is 69.1 cm³/mol. The van der Waals surface area contributed by atoms with Gasteiger partial charge in [0.2, 0.25) is 0 Å². The summed E-state index contributed by atoms with van der Waals surface area (Å²) in [6, 6.07) is 13.0. The average Bonchev–Trinajstić information content (AvgIpc) is 2.40. The highest BCUT2D eigenvalue weighted by Gasteiger charge is 2.14. The summed E-state index contributed by atoms with van der Waals surface area (Å²) in [7, 11) is 0. The molecule has 2 heteroatoms. The summed E-state index contributed by atoms with van der Waals surface area (Å²) in [5.74, 6) is 0. The number of allylic oxidation sites excluding steroid dienone is 2. The molecule has 0 saturated heterocycles. The van der Waals surface area contributed by atoms with Gasteiger partial charge in [-0.25, -0.2) is 0 Å². The van der Waals surface area contributed by atoms with Crippen molar-refractivity contribution in [2.75, 3.05) is 0 Å². The standard InChI is InChI=1S/C15H18N2/c1-12(13-7-3-2-4-8-13)17-15-10-6-5-9-14(15)11-16/h2-4,7-8,12,17H,5-6,9-10H2,1H3/t12-/m0/s1. The number of hydrogen-bond acceptors (Lipinski definition) is 2. The van der Waals surface area contributed by atoms with Gasteiger partial charge >= 0.3 is 0 Å². The molecule has 0 aromatic heterocycles. The third-order valence-corrected chi connectivity index (χ3v) is 3.29. The van der Waals surface area contributed by atoms with Crippen molar-refractivity contribution < 1.29 is 0 Å². The van der Waals surface area contributed by atoms with Crippen molar-refractivity contribution in [2.45, 2.75) is 38.6 Å². The molecule has 17 heavy (non-hydrogen) atoms. The van der Waals surface area contributed by atoms with Gasteiger partial charge in [-0.2, -0.15) is 5.26 Å². The molecule has 88 valence electrons. The lowest BCUT2D eigenvalue weighted by Crippen LogP contribution is -2.21. The fraction of sp³-hybridized carbons (Fsp3) is 0.400. The molecule has 1 atom stereocenters. The second kappa shape index (κ2) is 5.54. The Morgan fingerprint density at radius 2 is 1.88 bits per heavy atom. The number of benzene rings is 1. The van der Waals surface area contributed by atoms with E-state index in [0.717, 1.165) is 30.5 Å². The van der Waals surface area contributed by atoms with Gasteiger partial charge in [-0.3, -0.25) is 0 Å². The van der Waals surface area contributed by atoms with Gasteiger partial charge in [0.15, 0.2) is 0 Å². The Morgan fingerprint density at radius 1 is 1.18 bits per heavy atom. The van der Waals surface area contributed by atoms with Crippen LogP contribution in [0.15, 0.2) is 41.6 Å². The summed E-state index contributed by atoms with van der Waals surface area (Å²) < 4.78 is 0. The van der Waals surface area contributed by atoms with Gasteiger partial charge in [0, 0.05) is 17.3 Å². The summed E-state index contributed by atoms with van der Waals surface area (Å²) in [5.41, 5.74) is 3.36. The molecule has 0 unspecified atom stereocenters. The van der Waals surface area contributed by atoms with Crippen LogP contribution >= 0.6 is 0 Å². The van der Waals surface area contributed by atoms with Gasteiger partial charge in [0.05, 0.1) is 6.07 Å². The molecule has 2 rings (SSSR count). The van der Waals surface area contributed by atoms with Crippen LogP contribution in [0.5, 0.6) is 0 Å². The van der Waals surface area contributed by atoms with Gasteiger partial charge in [0.25, 0.3) is 0 Å². The highest BCUT2D eigenvalue weighted by atomic mass is 14.9. The molecule has 0 fully saturated rings. The van der Waals surface area contributed by atoms with Crippen molar-refractivity contribution in [3.8, 4) is 6.07 Å². The Kier molecular flexibility index (Phi) is 3.82. The second-order valence-corrected chi connectivity index (χ2v) is 4.55. The first kappa shape index (κ1) is 11.7. The van der Waals surface area contributed by atoms with Gasteiger partial charge < -0.3 is 5.32 Å². The van der Waals surface area contributed by atoms with E-state index >= 15 is 0 Å². The molecule has 0 amide bonds. The Labute approximate surface area is 103 Å². The molecule has 0 radical (unpaired) electrons. The van der Waals surface area contributed by atoms with Crippen LogP contribution in [0, 0.1) is 11.3 Å². The van der Waals surface area contributed by atoms with E-state index in [1.807, 2.05) is 18.2 Å². The minimum absolute atomic E-state index is 0.271. The molecule has 0 bridgehead atoms. The molecule has 0 saturated carbocycles. The van der Waals surface area contributed by atoms with Crippen molar-refractivity contribution in [1.29, 1.82) is 5.26 Å². The van der Waals surface area contributed by atoms with Crippen molar-refractivity contribution in [3.05, 3.63) is 47.2 Å². The minimum atomic E-state index is 0.271. The second-order valence-electron chi connectivity index (χ2n) is 4.55.